The highest BCUT2D eigenvalue weighted by Crippen LogP contribution is 2.40. The smallest absolute Gasteiger partial charge is 0.281 e. The second-order valence-corrected chi connectivity index (χ2v) is 4.58. The van der Waals surface area contributed by atoms with Crippen molar-refractivity contribution in [1.29, 1.82) is 0 Å². The molecule has 1 fully saturated rings. The van der Waals surface area contributed by atoms with E-state index in [2.05, 4.69) is 0 Å². The third-order valence-electron chi connectivity index (χ3n) is 3.68. The van der Waals surface area contributed by atoms with Crippen molar-refractivity contribution in [1.82, 2.24) is 0 Å². The molecule has 0 unspecified atom stereocenters. The van der Waals surface area contributed by atoms with E-state index in [9.17, 15) is 10.1 Å². The minimum atomic E-state index is -0.0892. The van der Waals surface area contributed by atoms with E-state index in [0.717, 1.165) is 30.4 Å². The zero-order valence-electron chi connectivity index (χ0n) is 9.04. The first-order chi connectivity index (χ1) is 7.79. The summed E-state index contributed by atoms with van der Waals surface area (Å²) >= 11 is 0. The van der Waals surface area contributed by atoms with E-state index in [-0.39, 0.29) is 12.1 Å². The Morgan fingerprint density at radius 2 is 2.00 bits per heavy atom. The molecule has 0 aromatic heterocycles. The van der Waals surface area contributed by atoms with Crippen molar-refractivity contribution in [2.45, 2.75) is 37.8 Å². The predicted octanol–water partition coefficient (Wildman–Crippen LogP) is 2.62. The van der Waals surface area contributed by atoms with Crippen molar-refractivity contribution >= 4 is 11.4 Å². The molecule has 1 aromatic carbocycles. The molecule has 1 saturated carbocycles. The van der Waals surface area contributed by atoms with Crippen LogP contribution < -0.4 is 5.06 Å². The summed E-state index contributed by atoms with van der Waals surface area (Å²) in [6.45, 7) is 0. The Hall–Kier alpha value is -1.42. The average molecular weight is 219 g/mol. The molecule has 0 bridgehead atoms. The number of benzene rings is 1. The number of anilines is 1. The van der Waals surface area contributed by atoms with E-state index in [4.69, 9.17) is 0 Å². The molecule has 0 spiro atoms. The molecule has 1 aliphatic heterocycles. The van der Waals surface area contributed by atoms with Crippen molar-refractivity contribution in [3.63, 3.8) is 0 Å². The molecule has 4 heteroatoms. The quantitative estimate of drug-likeness (QED) is 0.682. The average Bonchev–Trinajstić information content (AvgIpc) is 2.36. The van der Waals surface area contributed by atoms with E-state index in [1.165, 1.54) is 5.06 Å². The summed E-state index contributed by atoms with van der Waals surface area (Å²) in [5.41, 5.74) is 1.23. The monoisotopic (exact) mass is 219 g/mol. The number of fused-ring (bicyclic) bond motifs is 2. The Morgan fingerprint density at radius 3 is 2.88 bits per heavy atom. The van der Waals surface area contributed by atoms with Gasteiger partial charge in [-0.15, -0.1) is 0 Å². The highest BCUT2D eigenvalue weighted by Gasteiger charge is 2.47. The van der Waals surface area contributed by atoms with Gasteiger partial charge >= 0.3 is 0 Å². The Kier molecular flexibility index (Phi) is 2.17. The van der Waals surface area contributed by atoms with Crippen LogP contribution in [0.2, 0.25) is 0 Å². The number of para-hydroxylation sites is 2. The van der Waals surface area contributed by atoms with E-state index >= 15 is 0 Å². The molecular formula is C12H15N2O2+. The molecule has 0 amide bonds. The lowest BCUT2D eigenvalue weighted by Crippen LogP contribution is -2.51. The summed E-state index contributed by atoms with van der Waals surface area (Å²) in [7, 11) is 0. The zero-order valence-corrected chi connectivity index (χ0v) is 9.04. The summed E-state index contributed by atoms with van der Waals surface area (Å²) < 4.78 is 1.09. The van der Waals surface area contributed by atoms with Crippen LogP contribution in [0.15, 0.2) is 24.3 Å². The molecule has 2 aliphatic rings. The number of hydroxylamine groups is 1. The third-order valence-corrected chi connectivity index (χ3v) is 3.68. The molecule has 3 rings (SSSR count). The molecule has 1 N–H and O–H groups in total. The van der Waals surface area contributed by atoms with Crippen molar-refractivity contribution in [3.05, 3.63) is 29.2 Å². The first kappa shape index (κ1) is 9.78. The Morgan fingerprint density at radius 1 is 1.25 bits per heavy atom. The van der Waals surface area contributed by atoms with Gasteiger partial charge in [-0.1, -0.05) is 18.6 Å². The van der Waals surface area contributed by atoms with Crippen LogP contribution in [-0.4, -0.2) is 22.1 Å². The number of hydrogen-bond acceptors (Lipinski definition) is 3. The number of rotatable bonds is 0. The zero-order chi connectivity index (χ0) is 11.1. The number of nitroso groups, excluding NO2 is 1. The van der Waals surface area contributed by atoms with Crippen LogP contribution in [0.5, 0.6) is 0 Å². The van der Waals surface area contributed by atoms with Crippen LogP contribution in [0.1, 0.15) is 25.7 Å². The maximum atomic E-state index is 12.2. The Bertz CT molecular complexity index is 433. The normalized spacial score (nSPS) is 28.6. The molecule has 0 saturated heterocycles. The first-order valence-electron chi connectivity index (χ1n) is 5.82. The van der Waals surface area contributed by atoms with Crippen LogP contribution in [-0.2, 0) is 0 Å². The topological polar surface area (TPSA) is 43.5 Å². The van der Waals surface area contributed by atoms with Gasteiger partial charge in [-0.05, 0) is 18.9 Å². The lowest BCUT2D eigenvalue weighted by Gasteiger charge is -2.35. The summed E-state index contributed by atoms with van der Waals surface area (Å²) in [6.07, 6.45) is 3.94. The summed E-state index contributed by atoms with van der Waals surface area (Å²) in [5.74, 6) is 0. The number of hydrogen-bond donors (Lipinski definition) is 1. The van der Waals surface area contributed by atoms with Gasteiger partial charge in [-0.2, -0.15) is 0 Å². The minimum Gasteiger partial charge on any atom is -0.288 e. The molecule has 1 heterocycles. The summed E-state index contributed by atoms with van der Waals surface area (Å²) in [5, 5.41) is 11.4. The van der Waals surface area contributed by atoms with Crippen LogP contribution in [0.4, 0.5) is 11.4 Å². The van der Waals surface area contributed by atoms with Crippen molar-refractivity contribution in [2.75, 3.05) is 5.06 Å². The van der Waals surface area contributed by atoms with Crippen molar-refractivity contribution in [2.24, 2.45) is 0 Å². The summed E-state index contributed by atoms with van der Waals surface area (Å²) in [6, 6.07) is 7.12. The van der Waals surface area contributed by atoms with Crippen LogP contribution in [0.3, 0.4) is 0 Å². The molecule has 0 radical (unpaired) electrons. The Balaban J connectivity index is 2.09. The number of nitrogens with zero attached hydrogens (tertiary/aromatic N) is 2. The van der Waals surface area contributed by atoms with Gasteiger partial charge < -0.3 is 0 Å². The SMILES string of the molecule is O=[N+]1c2ccccc2N(O)[C@H]2CCCC[C@@H]21. The minimum absolute atomic E-state index is 0.0406. The Labute approximate surface area is 94.0 Å². The molecule has 4 nitrogen and oxygen atoms in total. The highest BCUT2D eigenvalue weighted by molar-refractivity contribution is 5.63. The van der Waals surface area contributed by atoms with Gasteiger partial charge in [-0.3, -0.25) is 5.21 Å². The largest absolute Gasteiger partial charge is 0.288 e. The highest BCUT2D eigenvalue weighted by atomic mass is 16.5. The fraction of sp³-hybridized carbons (Fsp3) is 0.500. The molecular weight excluding hydrogens is 204 g/mol. The van der Waals surface area contributed by atoms with Gasteiger partial charge in [0.05, 0.1) is 0 Å². The second-order valence-electron chi connectivity index (χ2n) is 4.58. The van der Waals surface area contributed by atoms with Crippen LogP contribution in [0.25, 0.3) is 0 Å². The predicted molar refractivity (Wildman–Crippen MR) is 60.0 cm³/mol. The third kappa shape index (κ3) is 1.26. The molecule has 2 atom stereocenters. The van der Waals surface area contributed by atoms with Gasteiger partial charge in [0.2, 0.25) is 6.04 Å². The first-order valence-corrected chi connectivity index (χ1v) is 5.82. The van der Waals surface area contributed by atoms with E-state index in [1.807, 2.05) is 12.1 Å². The lowest BCUT2D eigenvalue weighted by atomic mass is 9.87. The standard InChI is InChI=1S/C12H15N2O2/c15-13-9-5-1-2-6-10(9)14(16)12-8-4-3-7-11(12)13/h1-2,5-6,11-12,15H,3-4,7-8H2/q+1/t11-,12-/m0/s1. The van der Waals surface area contributed by atoms with E-state index < -0.39 is 0 Å². The van der Waals surface area contributed by atoms with Gasteiger partial charge in [0.25, 0.3) is 5.69 Å². The lowest BCUT2D eigenvalue weighted by molar-refractivity contribution is -0.518. The van der Waals surface area contributed by atoms with Crippen molar-refractivity contribution in [3.8, 4) is 0 Å². The maximum Gasteiger partial charge on any atom is 0.281 e. The van der Waals surface area contributed by atoms with E-state index in [0.29, 0.717) is 11.4 Å². The maximum absolute atomic E-state index is 12.2. The van der Waals surface area contributed by atoms with Gasteiger partial charge in [0, 0.05) is 22.2 Å². The van der Waals surface area contributed by atoms with Crippen molar-refractivity contribution < 1.29 is 9.97 Å². The van der Waals surface area contributed by atoms with Gasteiger partial charge in [-0.25, -0.2) is 5.06 Å². The molecule has 16 heavy (non-hydrogen) atoms. The molecule has 1 aliphatic carbocycles. The summed E-state index contributed by atoms with van der Waals surface area (Å²) in [4.78, 5) is 12.2. The second kappa shape index (κ2) is 3.56. The van der Waals surface area contributed by atoms with E-state index in [1.54, 1.807) is 12.1 Å². The molecule has 1 aromatic rings. The van der Waals surface area contributed by atoms with Crippen LogP contribution in [0, 0.1) is 4.91 Å². The molecule has 84 valence electrons. The van der Waals surface area contributed by atoms with Crippen LogP contribution >= 0.6 is 0 Å². The van der Waals surface area contributed by atoms with Gasteiger partial charge in [0.1, 0.15) is 11.7 Å². The fourth-order valence-corrected chi connectivity index (χ4v) is 2.85. The van der Waals surface area contributed by atoms with Gasteiger partial charge in [0.15, 0.2) is 0 Å². The fourth-order valence-electron chi connectivity index (χ4n) is 2.85.